The number of carbonyl (C=O) groups excluding carboxylic acids is 1. The van der Waals surface area contributed by atoms with Crippen molar-refractivity contribution in [3.05, 3.63) is 42.5 Å². The van der Waals surface area contributed by atoms with Crippen LogP contribution < -0.4 is 10.5 Å². The summed E-state index contributed by atoms with van der Waals surface area (Å²) < 4.78 is 54.5. The van der Waals surface area contributed by atoms with E-state index >= 15 is 0 Å². The highest BCUT2D eigenvalue weighted by molar-refractivity contribution is 7.91. The standard InChI is InChI=1S/C9H14N2O3S.C7H8O3S/c1-2-6-5-9(6,10)8(12)11-15(13,14)7-3-4-7;1-6-2-4-7(5-3-6)11(8,9)10/h2,6-7H,1,3-5,10H2,(H,11,12);2-5H,1H3,(H,8,9,10)/t6-,9-;/m1./s1. The van der Waals surface area contributed by atoms with Crippen molar-refractivity contribution in [2.24, 2.45) is 11.7 Å². The molecule has 0 saturated heterocycles. The molecule has 2 aliphatic carbocycles. The van der Waals surface area contributed by atoms with Gasteiger partial charge in [-0.25, -0.2) is 8.42 Å². The number of hydrogen-bond donors (Lipinski definition) is 3. The molecule has 2 aliphatic rings. The average molecular weight is 402 g/mol. The van der Waals surface area contributed by atoms with Gasteiger partial charge in [0.2, 0.25) is 10.0 Å². The SMILES string of the molecule is C=C[C@@H]1C[C@]1(N)C(=O)NS(=O)(=O)C1CC1.Cc1ccc(S(=O)(=O)O)cc1. The van der Waals surface area contributed by atoms with Crippen LogP contribution in [-0.4, -0.2) is 38.1 Å². The number of rotatable bonds is 5. The van der Waals surface area contributed by atoms with Crippen molar-refractivity contribution in [2.75, 3.05) is 0 Å². The number of benzene rings is 1. The highest BCUT2D eigenvalue weighted by Gasteiger charge is 2.56. The van der Waals surface area contributed by atoms with Crippen LogP contribution in [0.2, 0.25) is 0 Å². The summed E-state index contributed by atoms with van der Waals surface area (Å²) in [4.78, 5) is 11.5. The van der Waals surface area contributed by atoms with Gasteiger partial charge in [0.25, 0.3) is 16.0 Å². The Morgan fingerprint density at radius 3 is 2.19 bits per heavy atom. The second kappa shape index (κ2) is 7.10. The summed E-state index contributed by atoms with van der Waals surface area (Å²) >= 11 is 0. The highest BCUT2D eigenvalue weighted by atomic mass is 32.2. The van der Waals surface area contributed by atoms with Crippen molar-refractivity contribution >= 4 is 26.0 Å². The normalized spacial score (nSPS) is 24.8. The fourth-order valence-electron chi connectivity index (χ4n) is 2.26. The molecule has 144 valence electrons. The van der Waals surface area contributed by atoms with E-state index in [0.717, 1.165) is 5.56 Å². The smallest absolute Gasteiger partial charge is 0.294 e. The molecule has 0 heterocycles. The van der Waals surface area contributed by atoms with Crippen LogP contribution in [0.1, 0.15) is 24.8 Å². The monoisotopic (exact) mass is 402 g/mol. The molecule has 2 fully saturated rings. The topological polar surface area (TPSA) is 144 Å². The summed E-state index contributed by atoms with van der Waals surface area (Å²) in [7, 11) is -7.49. The second-order valence-electron chi connectivity index (χ2n) is 6.55. The summed E-state index contributed by atoms with van der Waals surface area (Å²) in [5.41, 5.74) is 5.63. The number of aryl methyl sites for hydroxylation is 1. The lowest BCUT2D eigenvalue weighted by Crippen LogP contribution is -2.47. The van der Waals surface area contributed by atoms with Crippen molar-refractivity contribution < 1.29 is 26.2 Å². The first-order valence-electron chi connectivity index (χ1n) is 7.92. The minimum atomic E-state index is -4.02. The molecule has 26 heavy (non-hydrogen) atoms. The van der Waals surface area contributed by atoms with Gasteiger partial charge in [0.1, 0.15) is 5.54 Å². The number of sulfonamides is 1. The van der Waals surface area contributed by atoms with Crippen LogP contribution in [0.15, 0.2) is 41.8 Å². The van der Waals surface area contributed by atoms with Gasteiger partial charge >= 0.3 is 0 Å². The van der Waals surface area contributed by atoms with E-state index in [-0.39, 0.29) is 10.8 Å². The molecule has 0 radical (unpaired) electrons. The second-order valence-corrected chi connectivity index (χ2v) is 9.93. The van der Waals surface area contributed by atoms with Gasteiger partial charge in [0.05, 0.1) is 10.1 Å². The zero-order valence-corrected chi connectivity index (χ0v) is 15.9. The van der Waals surface area contributed by atoms with Gasteiger partial charge in [0, 0.05) is 5.92 Å². The van der Waals surface area contributed by atoms with E-state index in [2.05, 4.69) is 6.58 Å². The Kier molecular flexibility index (Phi) is 5.62. The van der Waals surface area contributed by atoms with Crippen molar-refractivity contribution in [3.8, 4) is 0 Å². The molecule has 1 aromatic carbocycles. The van der Waals surface area contributed by atoms with Crippen LogP contribution in [-0.2, 0) is 24.9 Å². The van der Waals surface area contributed by atoms with Crippen LogP contribution in [0.5, 0.6) is 0 Å². The predicted molar refractivity (Wildman–Crippen MR) is 96.3 cm³/mol. The third kappa shape index (κ3) is 4.91. The molecule has 1 amide bonds. The third-order valence-corrected chi connectivity index (χ3v) is 6.97. The lowest BCUT2D eigenvalue weighted by Gasteiger charge is -2.11. The van der Waals surface area contributed by atoms with Gasteiger partial charge in [-0.1, -0.05) is 23.8 Å². The molecule has 2 atom stereocenters. The molecule has 3 rings (SSSR count). The molecule has 2 saturated carbocycles. The number of hydrogen-bond acceptors (Lipinski definition) is 6. The first-order valence-corrected chi connectivity index (χ1v) is 10.9. The predicted octanol–water partition coefficient (Wildman–Crippen LogP) is 0.740. The Morgan fingerprint density at radius 1 is 1.27 bits per heavy atom. The lowest BCUT2D eigenvalue weighted by molar-refractivity contribution is -0.121. The quantitative estimate of drug-likeness (QED) is 0.487. The van der Waals surface area contributed by atoms with Crippen LogP contribution >= 0.6 is 0 Å². The average Bonchev–Trinajstić information content (AvgIpc) is 3.42. The molecule has 0 aliphatic heterocycles. The fourth-order valence-corrected chi connectivity index (χ4v) is 4.11. The van der Waals surface area contributed by atoms with Gasteiger partial charge in [-0.2, -0.15) is 8.42 Å². The van der Waals surface area contributed by atoms with E-state index in [1.807, 2.05) is 11.6 Å². The molecule has 0 spiro atoms. The zero-order valence-electron chi connectivity index (χ0n) is 14.3. The fraction of sp³-hybridized carbons (Fsp3) is 0.438. The summed E-state index contributed by atoms with van der Waals surface area (Å²) in [6.07, 6.45) is 3.32. The minimum Gasteiger partial charge on any atom is -0.317 e. The number of nitrogens with two attached hydrogens (primary N) is 1. The molecule has 0 aromatic heterocycles. The van der Waals surface area contributed by atoms with Crippen LogP contribution in [0.4, 0.5) is 0 Å². The van der Waals surface area contributed by atoms with E-state index in [4.69, 9.17) is 10.3 Å². The van der Waals surface area contributed by atoms with Gasteiger partial charge in [-0.3, -0.25) is 14.1 Å². The first kappa shape index (κ1) is 20.6. The molecule has 0 unspecified atom stereocenters. The lowest BCUT2D eigenvalue weighted by atomic mass is 10.2. The number of amides is 1. The largest absolute Gasteiger partial charge is 0.317 e. The zero-order chi connectivity index (χ0) is 19.8. The van der Waals surface area contributed by atoms with Crippen LogP contribution in [0, 0.1) is 12.8 Å². The molecular formula is C16H22N2O6S2. The van der Waals surface area contributed by atoms with Crippen molar-refractivity contribution in [1.82, 2.24) is 4.72 Å². The molecule has 4 N–H and O–H groups in total. The summed E-state index contributed by atoms with van der Waals surface area (Å²) in [5, 5.41) is -0.397. The van der Waals surface area contributed by atoms with Gasteiger partial charge in [-0.05, 0) is 38.3 Å². The Hall–Kier alpha value is -1.75. The summed E-state index contributed by atoms with van der Waals surface area (Å²) in [6, 6.07) is 5.99. The molecular weight excluding hydrogens is 380 g/mol. The van der Waals surface area contributed by atoms with E-state index in [1.54, 1.807) is 18.2 Å². The molecule has 1 aromatic rings. The first-order chi connectivity index (χ1) is 11.9. The Balaban J connectivity index is 0.000000197. The van der Waals surface area contributed by atoms with Crippen molar-refractivity contribution in [2.45, 2.75) is 41.9 Å². The van der Waals surface area contributed by atoms with Crippen LogP contribution in [0.25, 0.3) is 0 Å². The van der Waals surface area contributed by atoms with Crippen molar-refractivity contribution in [3.63, 3.8) is 0 Å². The van der Waals surface area contributed by atoms with E-state index in [1.165, 1.54) is 12.1 Å². The van der Waals surface area contributed by atoms with E-state index in [9.17, 15) is 21.6 Å². The minimum absolute atomic E-state index is 0.0666. The molecule has 10 heteroatoms. The van der Waals surface area contributed by atoms with E-state index < -0.39 is 36.8 Å². The molecule has 0 bridgehead atoms. The van der Waals surface area contributed by atoms with Crippen LogP contribution in [0.3, 0.4) is 0 Å². The van der Waals surface area contributed by atoms with Gasteiger partial charge in [0.15, 0.2) is 0 Å². The Morgan fingerprint density at radius 2 is 1.81 bits per heavy atom. The maximum absolute atomic E-state index is 11.6. The van der Waals surface area contributed by atoms with E-state index in [0.29, 0.717) is 19.3 Å². The summed E-state index contributed by atoms with van der Waals surface area (Å²) in [6.45, 7) is 5.38. The highest BCUT2D eigenvalue weighted by Crippen LogP contribution is 2.42. The maximum Gasteiger partial charge on any atom is 0.294 e. The maximum atomic E-state index is 11.6. The third-order valence-electron chi connectivity index (χ3n) is 4.28. The number of nitrogens with one attached hydrogen (secondary N) is 1. The summed E-state index contributed by atoms with van der Waals surface area (Å²) in [5.74, 6) is -0.703. The molecule has 8 nitrogen and oxygen atoms in total. The Bertz CT molecular complexity index is 905. The van der Waals surface area contributed by atoms with Gasteiger partial charge < -0.3 is 5.73 Å². The van der Waals surface area contributed by atoms with Gasteiger partial charge in [-0.15, -0.1) is 6.58 Å². The van der Waals surface area contributed by atoms with Crippen molar-refractivity contribution in [1.29, 1.82) is 0 Å². The Labute approximate surface area is 153 Å². The number of carbonyl (C=O) groups is 1.